The Morgan fingerprint density at radius 2 is 2.00 bits per heavy atom. The van der Waals surface area contributed by atoms with Crippen molar-refractivity contribution in [3.05, 3.63) is 59.5 Å². The predicted molar refractivity (Wildman–Crippen MR) is 91.3 cm³/mol. The lowest BCUT2D eigenvalue weighted by atomic mass is 10.1. The van der Waals surface area contributed by atoms with Gasteiger partial charge in [0.2, 0.25) is 11.8 Å². The van der Waals surface area contributed by atoms with E-state index in [0.717, 1.165) is 22.6 Å². The van der Waals surface area contributed by atoms with Crippen molar-refractivity contribution in [2.75, 3.05) is 11.5 Å². The van der Waals surface area contributed by atoms with Crippen molar-refractivity contribution in [1.29, 1.82) is 0 Å². The van der Waals surface area contributed by atoms with Crippen LogP contribution < -0.4 is 11.5 Å². The summed E-state index contributed by atoms with van der Waals surface area (Å²) >= 11 is 0. The van der Waals surface area contributed by atoms with Crippen LogP contribution in [-0.4, -0.2) is 19.6 Å². The number of aromatic nitrogens is 4. The monoisotopic (exact) mass is 320 g/mol. The third-order valence-electron chi connectivity index (χ3n) is 3.76. The van der Waals surface area contributed by atoms with Gasteiger partial charge in [-0.2, -0.15) is 19.6 Å². The van der Waals surface area contributed by atoms with Crippen LogP contribution in [0.25, 0.3) is 17.2 Å². The van der Waals surface area contributed by atoms with Gasteiger partial charge in [0.05, 0.1) is 6.20 Å². The third kappa shape index (κ3) is 2.45. The van der Waals surface area contributed by atoms with E-state index in [1.165, 1.54) is 0 Å². The number of furan rings is 1. The average Bonchev–Trinajstić information content (AvgIpc) is 3.14. The number of hydrogen-bond donors (Lipinski definition) is 2. The normalized spacial score (nSPS) is 11.2. The first-order valence-electron chi connectivity index (χ1n) is 7.51. The summed E-state index contributed by atoms with van der Waals surface area (Å²) in [5, 5.41) is 4.41. The van der Waals surface area contributed by atoms with Crippen molar-refractivity contribution in [1.82, 2.24) is 19.6 Å². The SMILES string of the molecule is Cc1ccc(-c2nc(N)nc3c(Cc4cccc(N)c4)cnn23)o1. The smallest absolute Gasteiger partial charge is 0.224 e. The molecule has 0 saturated carbocycles. The Hall–Kier alpha value is -3.35. The molecule has 0 saturated heterocycles. The van der Waals surface area contributed by atoms with Crippen LogP contribution in [0.15, 0.2) is 47.0 Å². The van der Waals surface area contributed by atoms with E-state index in [1.807, 2.05) is 43.3 Å². The maximum absolute atomic E-state index is 5.89. The molecule has 0 spiro atoms. The van der Waals surface area contributed by atoms with Crippen LogP contribution in [0.2, 0.25) is 0 Å². The third-order valence-corrected chi connectivity index (χ3v) is 3.76. The van der Waals surface area contributed by atoms with Crippen molar-refractivity contribution < 1.29 is 4.42 Å². The van der Waals surface area contributed by atoms with Gasteiger partial charge in [-0.3, -0.25) is 0 Å². The lowest BCUT2D eigenvalue weighted by Crippen LogP contribution is -2.05. The Bertz CT molecular complexity index is 1030. The molecule has 3 aromatic heterocycles. The number of fused-ring (bicyclic) bond motifs is 1. The predicted octanol–water partition coefficient (Wildman–Crippen LogP) is 2.45. The van der Waals surface area contributed by atoms with Crippen LogP contribution in [0.1, 0.15) is 16.9 Å². The Labute approximate surface area is 137 Å². The fourth-order valence-corrected chi connectivity index (χ4v) is 2.70. The van der Waals surface area contributed by atoms with Crippen LogP contribution in [0.4, 0.5) is 11.6 Å². The highest BCUT2D eigenvalue weighted by Crippen LogP contribution is 2.23. The molecule has 4 rings (SSSR count). The molecule has 120 valence electrons. The second-order valence-electron chi connectivity index (χ2n) is 5.64. The summed E-state index contributed by atoms with van der Waals surface area (Å²) in [6.07, 6.45) is 2.42. The van der Waals surface area contributed by atoms with Crippen molar-refractivity contribution in [3.63, 3.8) is 0 Å². The Morgan fingerprint density at radius 3 is 2.75 bits per heavy atom. The van der Waals surface area contributed by atoms with Gasteiger partial charge in [-0.1, -0.05) is 12.1 Å². The van der Waals surface area contributed by atoms with E-state index >= 15 is 0 Å². The van der Waals surface area contributed by atoms with E-state index in [1.54, 1.807) is 10.7 Å². The minimum absolute atomic E-state index is 0.181. The van der Waals surface area contributed by atoms with E-state index < -0.39 is 0 Å². The maximum Gasteiger partial charge on any atom is 0.224 e. The van der Waals surface area contributed by atoms with Crippen LogP contribution in [0.5, 0.6) is 0 Å². The van der Waals surface area contributed by atoms with Crippen molar-refractivity contribution in [3.8, 4) is 11.6 Å². The molecule has 0 bridgehead atoms. The minimum atomic E-state index is 0.181. The number of nitrogens with two attached hydrogens (primary N) is 2. The maximum atomic E-state index is 5.89. The number of anilines is 2. The summed E-state index contributed by atoms with van der Waals surface area (Å²) in [6, 6.07) is 11.5. The zero-order valence-electron chi connectivity index (χ0n) is 13.1. The van der Waals surface area contributed by atoms with Crippen molar-refractivity contribution in [2.24, 2.45) is 0 Å². The Morgan fingerprint density at radius 1 is 1.12 bits per heavy atom. The van der Waals surface area contributed by atoms with E-state index in [9.17, 15) is 0 Å². The summed E-state index contributed by atoms with van der Waals surface area (Å²) in [7, 11) is 0. The van der Waals surface area contributed by atoms with Gasteiger partial charge < -0.3 is 15.9 Å². The van der Waals surface area contributed by atoms with Crippen LogP contribution in [0, 0.1) is 6.92 Å². The highest BCUT2D eigenvalue weighted by molar-refractivity contribution is 5.59. The number of rotatable bonds is 3. The molecule has 24 heavy (non-hydrogen) atoms. The van der Waals surface area contributed by atoms with Gasteiger partial charge in [0.15, 0.2) is 11.4 Å². The molecule has 0 unspecified atom stereocenters. The van der Waals surface area contributed by atoms with Crippen molar-refractivity contribution >= 4 is 17.3 Å². The van der Waals surface area contributed by atoms with Gasteiger partial charge >= 0.3 is 0 Å². The summed E-state index contributed by atoms with van der Waals surface area (Å²) in [6.45, 7) is 1.87. The molecule has 1 aromatic carbocycles. The number of nitrogens with zero attached hydrogens (tertiary/aromatic N) is 4. The molecular formula is C17H16N6O. The summed E-state index contributed by atoms with van der Waals surface area (Å²) in [4.78, 5) is 8.61. The lowest BCUT2D eigenvalue weighted by molar-refractivity contribution is 0.541. The number of hydrogen-bond acceptors (Lipinski definition) is 6. The molecule has 0 aliphatic heterocycles. The largest absolute Gasteiger partial charge is 0.458 e. The van der Waals surface area contributed by atoms with Gasteiger partial charge in [-0.05, 0) is 36.8 Å². The van der Waals surface area contributed by atoms with E-state index in [-0.39, 0.29) is 5.95 Å². The first-order valence-corrected chi connectivity index (χ1v) is 7.51. The molecule has 0 atom stereocenters. The van der Waals surface area contributed by atoms with E-state index in [2.05, 4.69) is 15.1 Å². The van der Waals surface area contributed by atoms with E-state index in [0.29, 0.717) is 23.7 Å². The quantitative estimate of drug-likeness (QED) is 0.561. The summed E-state index contributed by atoms with van der Waals surface area (Å²) in [5.41, 5.74) is 15.1. The molecule has 4 N–H and O–H groups in total. The second kappa shape index (κ2) is 5.38. The number of benzene rings is 1. The molecule has 7 heteroatoms. The van der Waals surface area contributed by atoms with Gasteiger partial charge in [-0.15, -0.1) is 0 Å². The Balaban J connectivity index is 1.83. The highest BCUT2D eigenvalue weighted by atomic mass is 16.3. The molecule has 0 aliphatic carbocycles. The molecule has 0 fully saturated rings. The highest BCUT2D eigenvalue weighted by Gasteiger charge is 2.16. The van der Waals surface area contributed by atoms with Crippen LogP contribution in [0.3, 0.4) is 0 Å². The molecule has 7 nitrogen and oxygen atoms in total. The molecule has 0 radical (unpaired) electrons. The number of aryl methyl sites for hydroxylation is 1. The molecule has 4 aromatic rings. The minimum Gasteiger partial charge on any atom is -0.458 e. The number of nitrogen functional groups attached to an aromatic ring is 2. The molecule has 0 aliphatic rings. The zero-order chi connectivity index (χ0) is 16.7. The average molecular weight is 320 g/mol. The van der Waals surface area contributed by atoms with Gasteiger partial charge in [0.25, 0.3) is 0 Å². The lowest BCUT2D eigenvalue weighted by Gasteiger charge is -2.04. The molecule has 3 heterocycles. The molecular weight excluding hydrogens is 304 g/mol. The van der Waals surface area contributed by atoms with Crippen molar-refractivity contribution in [2.45, 2.75) is 13.3 Å². The zero-order valence-corrected chi connectivity index (χ0v) is 13.1. The summed E-state index contributed by atoms with van der Waals surface area (Å²) in [5.74, 6) is 2.11. The van der Waals surface area contributed by atoms with Crippen LogP contribution in [-0.2, 0) is 6.42 Å². The molecule has 0 amide bonds. The fourth-order valence-electron chi connectivity index (χ4n) is 2.70. The first kappa shape index (κ1) is 14.3. The topological polar surface area (TPSA) is 108 Å². The Kier molecular flexibility index (Phi) is 3.19. The first-order chi connectivity index (χ1) is 11.6. The summed E-state index contributed by atoms with van der Waals surface area (Å²) < 4.78 is 7.30. The standard InChI is InChI=1S/C17H16N6O/c1-10-5-6-14(24-10)16-22-17(19)21-15-12(9-20-23(15)16)7-11-3-2-4-13(18)8-11/h2-6,8-9H,7,18H2,1H3,(H2,19,21). The van der Waals surface area contributed by atoms with Gasteiger partial charge in [0, 0.05) is 17.7 Å². The van der Waals surface area contributed by atoms with Gasteiger partial charge in [0.1, 0.15) is 5.76 Å². The van der Waals surface area contributed by atoms with E-state index in [4.69, 9.17) is 15.9 Å². The van der Waals surface area contributed by atoms with Crippen LogP contribution >= 0.6 is 0 Å². The van der Waals surface area contributed by atoms with Gasteiger partial charge in [-0.25, -0.2) is 0 Å². The fraction of sp³-hybridized carbons (Fsp3) is 0.118. The second-order valence-corrected chi connectivity index (χ2v) is 5.64.